The monoisotopic (exact) mass is 373 g/mol. The lowest BCUT2D eigenvalue weighted by molar-refractivity contribution is -0.0879. The number of methoxy groups -OCH3 is 1. The average Bonchev–Trinajstić information content (AvgIpc) is 3.02. The fourth-order valence-electron chi connectivity index (χ4n) is 4.38. The minimum atomic E-state index is -0.229. The summed E-state index contributed by atoms with van der Waals surface area (Å²) >= 11 is 5.93. The number of hydrogen-bond donors (Lipinski definition) is 1. The predicted molar refractivity (Wildman–Crippen MR) is 101 cm³/mol. The highest BCUT2D eigenvalue weighted by Crippen LogP contribution is 2.42. The van der Waals surface area contributed by atoms with Gasteiger partial charge in [0.1, 0.15) is 0 Å². The number of hydrogen-bond acceptors (Lipinski definition) is 5. The van der Waals surface area contributed by atoms with Crippen molar-refractivity contribution < 1.29 is 9.84 Å². The highest BCUT2D eigenvalue weighted by Gasteiger charge is 2.50. The maximum atomic E-state index is 10.1. The first kappa shape index (κ1) is 17.9. The fraction of sp³-hybridized carbons (Fsp3) is 0.500. The Morgan fingerprint density at radius 1 is 1.23 bits per heavy atom. The lowest BCUT2D eigenvalue weighted by atomic mass is 9.79. The number of aliphatic hydroxyl groups is 1. The molecule has 0 bridgehead atoms. The molecule has 4 rings (SSSR count). The van der Waals surface area contributed by atoms with Crippen LogP contribution in [0.25, 0.3) is 11.4 Å². The maximum absolute atomic E-state index is 10.1. The van der Waals surface area contributed by atoms with Crippen molar-refractivity contribution in [2.24, 2.45) is 0 Å². The number of rotatable bonds is 4. The van der Waals surface area contributed by atoms with Crippen molar-refractivity contribution in [2.75, 3.05) is 13.7 Å². The second-order valence-corrected chi connectivity index (χ2v) is 7.79. The molecule has 1 aliphatic carbocycles. The molecule has 2 aliphatic rings. The molecule has 2 heterocycles. The molecule has 1 saturated heterocycles. The quantitative estimate of drug-likeness (QED) is 0.891. The van der Waals surface area contributed by atoms with Gasteiger partial charge >= 0.3 is 0 Å². The third-order valence-corrected chi connectivity index (χ3v) is 6.12. The van der Waals surface area contributed by atoms with Crippen molar-refractivity contribution in [3.8, 4) is 11.4 Å². The van der Waals surface area contributed by atoms with Crippen LogP contribution in [0, 0.1) is 0 Å². The van der Waals surface area contributed by atoms with Gasteiger partial charge in [0.05, 0.1) is 11.7 Å². The van der Waals surface area contributed by atoms with Crippen LogP contribution < -0.4 is 0 Å². The highest BCUT2D eigenvalue weighted by molar-refractivity contribution is 6.30. The van der Waals surface area contributed by atoms with E-state index in [0.29, 0.717) is 10.8 Å². The van der Waals surface area contributed by atoms with Gasteiger partial charge in [-0.2, -0.15) is 0 Å². The average molecular weight is 374 g/mol. The van der Waals surface area contributed by atoms with Gasteiger partial charge in [-0.3, -0.25) is 4.90 Å². The van der Waals surface area contributed by atoms with Crippen LogP contribution in [0.2, 0.25) is 5.02 Å². The molecule has 1 aromatic heterocycles. The summed E-state index contributed by atoms with van der Waals surface area (Å²) < 4.78 is 5.91. The number of nitrogens with zero attached hydrogens (tertiary/aromatic N) is 3. The molecule has 2 fully saturated rings. The Morgan fingerprint density at radius 2 is 1.96 bits per heavy atom. The first-order valence-electron chi connectivity index (χ1n) is 9.14. The number of benzene rings is 1. The minimum Gasteiger partial charge on any atom is -0.393 e. The van der Waals surface area contributed by atoms with Crippen LogP contribution in [0.5, 0.6) is 0 Å². The predicted octanol–water partition coefficient (Wildman–Crippen LogP) is 3.30. The Hall–Kier alpha value is -1.53. The highest BCUT2D eigenvalue weighted by atomic mass is 35.5. The van der Waals surface area contributed by atoms with E-state index in [-0.39, 0.29) is 17.7 Å². The molecule has 1 N–H and O–H groups in total. The second-order valence-electron chi connectivity index (χ2n) is 7.36. The number of aliphatic hydroxyl groups excluding tert-OH is 1. The number of aromatic nitrogens is 2. The van der Waals surface area contributed by atoms with Crippen molar-refractivity contribution in [3.05, 3.63) is 47.2 Å². The molecular weight excluding hydrogens is 350 g/mol. The van der Waals surface area contributed by atoms with E-state index in [9.17, 15) is 5.11 Å². The largest absolute Gasteiger partial charge is 0.393 e. The molecule has 3 atom stereocenters. The van der Waals surface area contributed by atoms with Gasteiger partial charge in [-0.15, -0.1) is 0 Å². The van der Waals surface area contributed by atoms with Crippen LogP contribution in [0.3, 0.4) is 0 Å². The zero-order chi connectivity index (χ0) is 18.1. The van der Waals surface area contributed by atoms with Crippen molar-refractivity contribution in [3.63, 3.8) is 0 Å². The van der Waals surface area contributed by atoms with E-state index in [1.54, 1.807) is 7.11 Å². The molecule has 6 heteroatoms. The van der Waals surface area contributed by atoms with Crippen LogP contribution in [-0.4, -0.2) is 51.4 Å². The van der Waals surface area contributed by atoms with Crippen LogP contribution in [0.1, 0.15) is 31.2 Å². The summed E-state index contributed by atoms with van der Waals surface area (Å²) in [4.78, 5) is 11.4. The molecule has 0 radical (unpaired) electrons. The van der Waals surface area contributed by atoms with Gasteiger partial charge in [-0.1, -0.05) is 11.6 Å². The van der Waals surface area contributed by atoms with Crippen molar-refractivity contribution in [2.45, 2.75) is 50.0 Å². The first-order valence-corrected chi connectivity index (χ1v) is 9.51. The molecule has 0 amide bonds. The minimum absolute atomic E-state index is 0.108. The Labute approximate surface area is 159 Å². The van der Waals surface area contributed by atoms with E-state index in [1.807, 2.05) is 36.7 Å². The van der Waals surface area contributed by atoms with Gasteiger partial charge in [0.25, 0.3) is 0 Å². The van der Waals surface area contributed by atoms with Crippen molar-refractivity contribution in [1.82, 2.24) is 14.9 Å². The van der Waals surface area contributed by atoms with Crippen LogP contribution in [-0.2, 0) is 11.3 Å². The van der Waals surface area contributed by atoms with Crippen molar-refractivity contribution >= 4 is 11.6 Å². The SMILES string of the molecule is CO[C@@]12CC[C@H](O)C[C@@H]1N(Cc1cnc(-c3ccc(Cl)cc3)nc1)CC2. The van der Waals surface area contributed by atoms with Gasteiger partial charge in [-0.05, 0) is 49.9 Å². The Kier molecular flexibility index (Phi) is 4.97. The summed E-state index contributed by atoms with van der Waals surface area (Å²) in [7, 11) is 1.80. The summed E-state index contributed by atoms with van der Waals surface area (Å²) in [6, 6.07) is 7.79. The number of halogens is 1. The second kappa shape index (κ2) is 7.24. The maximum Gasteiger partial charge on any atom is 0.159 e. The van der Waals surface area contributed by atoms with Gasteiger partial charge in [0, 0.05) is 54.8 Å². The van der Waals surface area contributed by atoms with E-state index in [0.717, 1.165) is 49.9 Å². The summed E-state index contributed by atoms with van der Waals surface area (Å²) in [5, 5.41) is 10.8. The third kappa shape index (κ3) is 3.37. The van der Waals surface area contributed by atoms with Crippen LogP contribution in [0.15, 0.2) is 36.7 Å². The Bertz CT molecular complexity index is 753. The van der Waals surface area contributed by atoms with Gasteiger partial charge in [0.2, 0.25) is 0 Å². The molecule has 0 spiro atoms. The molecule has 5 nitrogen and oxygen atoms in total. The molecule has 0 unspecified atom stereocenters. The number of fused-ring (bicyclic) bond motifs is 1. The first-order chi connectivity index (χ1) is 12.6. The lowest BCUT2D eigenvalue weighted by Crippen LogP contribution is -2.51. The molecule has 2 aromatic rings. The molecule has 26 heavy (non-hydrogen) atoms. The fourth-order valence-corrected chi connectivity index (χ4v) is 4.50. The topological polar surface area (TPSA) is 58.5 Å². The normalized spacial score (nSPS) is 28.9. The summed E-state index contributed by atoms with van der Waals surface area (Å²) in [5.74, 6) is 0.700. The zero-order valence-electron chi connectivity index (χ0n) is 14.9. The van der Waals surface area contributed by atoms with Crippen LogP contribution >= 0.6 is 11.6 Å². The lowest BCUT2D eigenvalue weighted by Gasteiger charge is -2.42. The van der Waals surface area contributed by atoms with E-state index < -0.39 is 0 Å². The van der Waals surface area contributed by atoms with E-state index in [4.69, 9.17) is 16.3 Å². The third-order valence-electron chi connectivity index (χ3n) is 5.87. The Morgan fingerprint density at radius 3 is 2.65 bits per heavy atom. The van der Waals surface area contributed by atoms with Gasteiger partial charge in [0.15, 0.2) is 5.82 Å². The molecular formula is C20H24ClN3O2. The van der Waals surface area contributed by atoms with Crippen LogP contribution in [0.4, 0.5) is 0 Å². The summed E-state index contributed by atoms with van der Waals surface area (Å²) in [6.07, 6.45) is 7.11. The molecule has 1 saturated carbocycles. The number of ether oxygens (including phenoxy) is 1. The van der Waals surface area contributed by atoms with Gasteiger partial charge < -0.3 is 9.84 Å². The van der Waals surface area contributed by atoms with E-state index in [2.05, 4.69) is 14.9 Å². The van der Waals surface area contributed by atoms with Crippen molar-refractivity contribution in [1.29, 1.82) is 0 Å². The van der Waals surface area contributed by atoms with E-state index >= 15 is 0 Å². The standard InChI is InChI=1S/C20H24ClN3O2/c1-26-20-7-6-17(25)10-18(20)24(9-8-20)13-14-11-22-19(23-12-14)15-2-4-16(21)5-3-15/h2-5,11-12,17-18,25H,6-10,13H2,1H3/t17-,18-,20+/m0/s1. The molecule has 138 valence electrons. The molecule has 1 aromatic carbocycles. The summed E-state index contributed by atoms with van der Waals surface area (Å²) in [6.45, 7) is 1.76. The number of likely N-dealkylation sites (tertiary alicyclic amines) is 1. The smallest absolute Gasteiger partial charge is 0.159 e. The zero-order valence-corrected chi connectivity index (χ0v) is 15.7. The Balaban J connectivity index is 1.48. The molecule has 1 aliphatic heterocycles. The van der Waals surface area contributed by atoms with Gasteiger partial charge in [-0.25, -0.2) is 9.97 Å². The summed E-state index contributed by atoms with van der Waals surface area (Å²) in [5.41, 5.74) is 1.93. The van der Waals surface area contributed by atoms with E-state index in [1.165, 1.54) is 0 Å².